The van der Waals surface area contributed by atoms with Crippen LogP contribution in [0.3, 0.4) is 0 Å². The number of aryl methyl sites for hydroxylation is 1. The van der Waals surface area contributed by atoms with Crippen LogP contribution in [-0.2, 0) is 7.05 Å². The van der Waals surface area contributed by atoms with E-state index in [1.54, 1.807) is 35.3 Å². The highest BCUT2D eigenvalue weighted by atomic mass is 16.5. The van der Waals surface area contributed by atoms with E-state index < -0.39 is 6.23 Å². The van der Waals surface area contributed by atoms with Crippen molar-refractivity contribution in [2.75, 3.05) is 11.9 Å². The number of rotatable bonds is 4. The molecule has 1 aliphatic rings. The molecule has 0 aliphatic carbocycles. The van der Waals surface area contributed by atoms with E-state index in [4.69, 9.17) is 4.74 Å². The minimum atomic E-state index is -0.819. The number of hydrogen-bond acceptors (Lipinski definition) is 6. The van der Waals surface area contributed by atoms with E-state index in [1.807, 2.05) is 33.2 Å². The predicted octanol–water partition coefficient (Wildman–Crippen LogP) is 3.25. The molecule has 3 aromatic rings. The molecule has 4 heterocycles. The van der Waals surface area contributed by atoms with Gasteiger partial charge in [-0.3, -0.25) is 19.9 Å². The van der Waals surface area contributed by atoms with Gasteiger partial charge in [-0.25, -0.2) is 9.78 Å². The van der Waals surface area contributed by atoms with Gasteiger partial charge in [0.1, 0.15) is 23.5 Å². The van der Waals surface area contributed by atoms with Crippen molar-refractivity contribution in [1.82, 2.24) is 24.6 Å². The van der Waals surface area contributed by atoms with E-state index in [-0.39, 0.29) is 11.4 Å². The fourth-order valence-corrected chi connectivity index (χ4v) is 3.31. The van der Waals surface area contributed by atoms with Gasteiger partial charge in [-0.2, -0.15) is 5.10 Å². The van der Waals surface area contributed by atoms with Crippen LogP contribution in [-0.4, -0.2) is 48.6 Å². The van der Waals surface area contributed by atoms with Crippen LogP contribution >= 0.6 is 0 Å². The van der Waals surface area contributed by atoms with Crippen LogP contribution < -0.4 is 10.1 Å². The van der Waals surface area contributed by atoms with Crippen molar-refractivity contribution in [3.8, 4) is 22.8 Å². The molecule has 4 rings (SSSR count). The van der Waals surface area contributed by atoms with Crippen LogP contribution in [0.25, 0.3) is 11.3 Å². The van der Waals surface area contributed by atoms with Crippen molar-refractivity contribution in [2.45, 2.75) is 26.5 Å². The molecule has 1 fully saturated rings. The lowest BCUT2D eigenvalue weighted by Gasteiger charge is -2.27. The standard InChI is InChI=1S/C21H24N6O3/c1-21(2)7-9-27(19(21)28)20(29)25-18-5-4-16(12-23-18)30-15-6-8-22-17(10-15)14-11-24-26(3)13-14/h4-6,8,10-13,19,28H,7,9H2,1-3H3,(H,23,25,29). The molecule has 1 atom stereocenters. The van der Waals surface area contributed by atoms with Crippen LogP contribution in [0.2, 0.25) is 0 Å². The van der Waals surface area contributed by atoms with E-state index >= 15 is 0 Å². The average molecular weight is 408 g/mol. The lowest BCUT2D eigenvalue weighted by Crippen LogP contribution is -2.42. The maximum Gasteiger partial charge on any atom is 0.325 e. The number of aliphatic hydroxyl groups is 1. The van der Waals surface area contributed by atoms with Crippen LogP contribution in [0.4, 0.5) is 10.6 Å². The number of amides is 2. The van der Waals surface area contributed by atoms with Gasteiger partial charge >= 0.3 is 6.03 Å². The number of carbonyl (C=O) groups is 1. The number of pyridine rings is 2. The van der Waals surface area contributed by atoms with Gasteiger partial charge in [0.15, 0.2) is 0 Å². The quantitative estimate of drug-likeness (QED) is 0.687. The van der Waals surface area contributed by atoms with Crippen molar-refractivity contribution < 1.29 is 14.6 Å². The van der Waals surface area contributed by atoms with Crippen molar-refractivity contribution in [3.63, 3.8) is 0 Å². The second-order valence-electron chi connectivity index (χ2n) is 8.00. The Balaban J connectivity index is 1.40. The van der Waals surface area contributed by atoms with Crippen LogP contribution in [0.5, 0.6) is 11.5 Å². The Morgan fingerprint density at radius 2 is 2.07 bits per heavy atom. The second-order valence-corrected chi connectivity index (χ2v) is 8.00. The molecule has 0 saturated carbocycles. The third-order valence-corrected chi connectivity index (χ3v) is 5.19. The summed E-state index contributed by atoms with van der Waals surface area (Å²) in [7, 11) is 1.85. The van der Waals surface area contributed by atoms with Crippen molar-refractivity contribution in [1.29, 1.82) is 0 Å². The molecule has 9 heteroatoms. The third kappa shape index (κ3) is 4.11. The molecule has 0 aromatic carbocycles. The van der Waals surface area contributed by atoms with Crippen LogP contribution in [0.15, 0.2) is 49.1 Å². The Morgan fingerprint density at radius 1 is 1.23 bits per heavy atom. The van der Waals surface area contributed by atoms with E-state index in [1.165, 1.54) is 11.1 Å². The second kappa shape index (κ2) is 7.75. The Morgan fingerprint density at radius 3 is 2.70 bits per heavy atom. The Bertz CT molecular complexity index is 1050. The van der Waals surface area contributed by atoms with E-state index in [9.17, 15) is 9.90 Å². The molecule has 156 valence electrons. The molecule has 2 amide bonds. The number of hydrogen-bond donors (Lipinski definition) is 2. The normalized spacial score (nSPS) is 17.7. The Kier molecular flexibility index (Phi) is 5.13. The number of anilines is 1. The lowest BCUT2D eigenvalue weighted by atomic mass is 9.91. The Labute approximate surface area is 174 Å². The first-order valence-electron chi connectivity index (χ1n) is 9.66. The summed E-state index contributed by atoms with van der Waals surface area (Å²) in [4.78, 5) is 22.4. The zero-order valence-electron chi connectivity index (χ0n) is 17.1. The summed E-state index contributed by atoms with van der Waals surface area (Å²) in [5.41, 5.74) is 1.33. The van der Waals surface area contributed by atoms with Crippen molar-refractivity contribution in [2.24, 2.45) is 12.5 Å². The highest BCUT2D eigenvalue weighted by Crippen LogP contribution is 2.34. The maximum atomic E-state index is 12.4. The van der Waals surface area contributed by atoms with Crippen molar-refractivity contribution >= 4 is 11.8 Å². The molecule has 0 spiro atoms. The average Bonchev–Trinajstić information content (AvgIpc) is 3.27. The van der Waals surface area contributed by atoms with Gasteiger partial charge in [0, 0.05) is 43.0 Å². The number of nitrogens with one attached hydrogen (secondary N) is 1. The topological polar surface area (TPSA) is 105 Å². The van der Waals surface area contributed by atoms with Crippen molar-refractivity contribution in [3.05, 3.63) is 49.1 Å². The van der Waals surface area contributed by atoms with E-state index in [2.05, 4.69) is 20.4 Å². The molecule has 1 saturated heterocycles. The summed E-state index contributed by atoms with van der Waals surface area (Å²) in [6.45, 7) is 4.38. The number of likely N-dealkylation sites (tertiary alicyclic amines) is 1. The summed E-state index contributed by atoms with van der Waals surface area (Å²) >= 11 is 0. The third-order valence-electron chi connectivity index (χ3n) is 5.19. The maximum absolute atomic E-state index is 12.4. The van der Waals surface area contributed by atoms with Gasteiger partial charge in [-0.1, -0.05) is 13.8 Å². The van der Waals surface area contributed by atoms with Gasteiger partial charge in [-0.15, -0.1) is 0 Å². The van der Waals surface area contributed by atoms with E-state index in [0.29, 0.717) is 23.9 Å². The summed E-state index contributed by atoms with van der Waals surface area (Å²) in [6.07, 6.45) is 6.75. The van der Waals surface area contributed by atoms with Gasteiger partial charge < -0.3 is 9.84 Å². The number of nitrogens with zero attached hydrogens (tertiary/aromatic N) is 5. The molecule has 9 nitrogen and oxygen atoms in total. The largest absolute Gasteiger partial charge is 0.456 e. The van der Waals surface area contributed by atoms with Crippen LogP contribution in [0.1, 0.15) is 20.3 Å². The molecular formula is C21H24N6O3. The Hall–Kier alpha value is -3.46. The first kappa shape index (κ1) is 19.8. The van der Waals surface area contributed by atoms with Gasteiger partial charge in [0.25, 0.3) is 0 Å². The molecular weight excluding hydrogens is 384 g/mol. The first-order valence-corrected chi connectivity index (χ1v) is 9.66. The first-order chi connectivity index (χ1) is 14.3. The van der Waals surface area contributed by atoms with E-state index in [0.717, 1.165) is 17.7 Å². The zero-order chi connectivity index (χ0) is 21.3. The summed E-state index contributed by atoms with van der Waals surface area (Å²) in [6, 6.07) is 6.58. The summed E-state index contributed by atoms with van der Waals surface area (Å²) in [5.74, 6) is 1.53. The number of urea groups is 1. The summed E-state index contributed by atoms with van der Waals surface area (Å²) < 4.78 is 7.57. The molecule has 1 aliphatic heterocycles. The van der Waals surface area contributed by atoms with Gasteiger partial charge in [0.05, 0.1) is 18.1 Å². The monoisotopic (exact) mass is 408 g/mol. The minimum absolute atomic E-state index is 0.318. The zero-order valence-corrected chi connectivity index (χ0v) is 17.1. The highest BCUT2D eigenvalue weighted by Gasteiger charge is 2.41. The SMILES string of the molecule is Cn1cc(-c2cc(Oc3ccc(NC(=O)N4CCC(C)(C)C4O)nc3)ccn2)cn1. The fraction of sp³-hybridized carbons (Fsp3) is 0.333. The molecule has 2 N–H and O–H groups in total. The highest BCUT2D eigenvalue weighted by molar-refractivity contribution is 5.88. The van der Waals surface area contributed by atoms with Gasteiger partial charge in [-0.05, 0) is 24.6 Å². The minimum Gasteiger partial charge on any atom is -0.456 e. The molecule has 1 unspecified atom stereocenters. The van der Waals surface area contributed by atoms with Gasteiger partial charge in [0.2, 0.25) is 0 Å². The number of aromatic nitrogens is 4. The summed E-state index contributed by atoms with van der Waals surface area (Å²) in [5, 5.41) is 17.2. The molecule has 30 heavy (non-hydrogen) atoms. The number of carbonyl (C=O) groups excluding carboxylic acids is 1. The predicted molar refractivity (Wildman–Crippen MR) is 111 cm³/mol. The lowest BCUT2D eigenvalue weighted by molar-refractivity contribution is -0.00117. The number of ether oxygens (including phenoxy) is 1. The van der Waals surface area contributed by atoms with Crippen LogP contribution in [0, 0.1) is 5.41 Å². The fourth-order valence-electron chi connectivity index (χ4n) is 3.31. The molecule has 0 bridgehead atoms. The molecule has 0 radical (unpaired) electrons. The molecule has 3 aromatic heterocycles. The smallest absolute Gasteiger partial charge is 0.325 e. The number of aliphatic hydroxyl groups excluding tert-OH is 1.